The van der Waals surface area contributed by atoms with Crippen LogP contribution in [0.4, 0.5) is 11.4 Å². The van der Waals surface area contributed by atoms with Gasteiger partial charge < -0.3 is 16.0 Å². The van der Waals surface area contributed by atoms with Crippen molar-refractivity contribution in [1.29, 1.82) is 0 Å². The Morgan fingerprint density at radius 2 is 1.86 bits per heavy atom. The number of allylic oxidation sites excluding steroid dienone is 4. The first kappa shape index (κ1) is 19.2. The second-order valence-electron chi connectivity index (χ2n) is 7.38. The van der Waals surface area contributed by atoms with E-state index in [4.69, 9.17) is 10.7 Å². The van der Waals surface area contributed by atoms with E-state index in [1.807, 2.05) is 19.2 Å². The summed E-state index contributed by atoms with van der Waals surface area (Å²) in [6, 6.07) is 14.9. The third-order valence-corrected chi connectivity index (χ3v) is 5.51. The lowest BCUT2D eigenvalue weighted by Gasteiger charge is -2.29. The number of rotatable bonds is 4. The molecule has 4 heteroatoms. The first-order chi connectivity index (χ1) is 14.2. The predicted octanol–water partition coefficient (Wildman–Crippen LogP) is 4.87. The second kappa shape index (κ2) is 8.50. The van der Waals surface area contributed by atoms with Gasteiger partial charge in [-0.25, -0.2) is 0 Å². The summed E-state index contributed by atoms with van der Waals surface area (Å²) in [5, 5.41) is 5.74. The van der Waals surface area contributed by atoms with Crippen LogP contribution in [0.2, 0.25) is 0 Å². The SMILES string of the molecule is C/C=C\C(=C/C)c1ccc(N)c(-c2cc3ccc(N4CCNCC4)cc3cn2)c1. The van der Waals surface area contributed by atoms with E-state index >= 15 is 0 Å². The van der Waals surface area contributed by atoms with Crippen molar-refractivity contribution in [3.05, 3.63) is 72.5 Å². The van der Waals surface area contributed by atoms with Crippen LogP contribution in [0.1, 0.15) is 19.4 Å². The fourth-order valence-corrected chi connectivity index (χ4v) is 3.89. The lowest BCUT2D eigenvalue weighted by Crippen LogP contribution is -2.43. The summed E-state index contributed by atoms with van der Waals surface area (Å²) in [4.78, 5) is 7.17. The summed E-state index contributed by atoms with van der Waals surface area (Å²) in [7, 11) is 0. The first-order valence-electron chi connectivity index (χ1n) is 10.2. The standard InChI is InChI=1S/C25H28N4/c1-3-5-18(4-2)19-7-9-24(26)23(15-19)25-16-20-6-8-22(14-21(20)17-28-25)29-12-10-27-11-13-29/h3-9,14-17,27H,10-13,26H2,1-2H3/b5-3-,18-4+. The van der Waals surface area contributed by atoms with Gasteiger partial charge in [0, 0.05) is 54.7 Å². The van der Waals surface area contributed by atoms with Crippen molar-refractivity contribution in [3.63, 3.8) is 0 Å². The molecule has 1 fully saturated rings. The molecule has 0 radical (unpaired) electrons. The average molecular weight is 385 g/mol. The number of nitrogens with zero attached hydrogens (tertiary/aromatic N) is 2. The monoisotopic (exact) mass is 384 g/mol. The zero-order valence-electron chi connectivity index (χ0n) is 17.2. The molecule has 3 aromatic rings. The van der Waals surface area contributed by atoms with Crippen molar-refractivity contribution in [3.8, 4) is 11.3 Å². The maximum Gasteiger partial charge on any atom is 0.0729 e. The van der Waals surface area contributed by atoms with Gasteiger partial charge in [0.05, 0.1) is 5.69 Å². The van der Waals surface area contributed by atoms with E-state index in [0.717, 1.165) is 54.1 Å². The molecule has 29 heavy (non-hydrogen) atoms. The van der Waals surface area contributed by atoms with Gasteiger partial charge in [-0.3, -0.25) is 4.98 Å². The number of anilines is 2. The minimum atomic E-state index is 0.744. The summed E-state index contributed by atoms with van der Waals surface area (Å²) < 4.78 is 0. The number of hydrogen-bond acceptors (Lipinski definition) is 4. The van der Waals surface area contributed by atoms with Crippen LogP contribution >= 0.6 is 0 Å². The third-order valence-electron chi connectivity index (χ3n) is 5.51. The van der Waals surface area contributed by atoms with Gasteiger partial charge in [0.1, 0.15) is 0 Å². The van der Waals surface area contributed by atoms with Gasteiger partial charge in [0.25, 0.3) is 0 Å². The molecule has 2 aromatic carbocycles. The molecule has 148 valence electrons. The number of fused-ring (bicyclic) bond motifs is 1. The Morgan fingerprint density at radius 3 is 2.62 bits per heavy atom. The number of pyridine rings is 1. The molecular weight excluding hydrogens is 356 g/mol. The molecule has 0 amide bonds. The zero-order chi connectivity index (χ0) is 20.2. The summed E-state index contributed by atoms with van der Waals surface area (Å²) in [5.74, 6) is 0. The molecule has 4 rings (SSSR count). The lowest BCUT2D eigenvalue weighted by molar-refractivity contribution is 0.589. The van der Waals surface area contributed by atoms with Crippen LogP contribution in [0.15, 0.2) is 66.9 Å². The predicted molar refractivity (Wildman–Crippen MR) is 125 cm³/mol. The molecule has 1 aliphatic rings. The number of aromatic nitrogens is 1. The normalized spacial score (nSPS) is 15.4. The molecule has 3 N–H and O–H groups in total. The van der Waals surface area contributed by atoms with Crippen LogP contribution in [0.3, 0.4) is 0 Å². The van der Waals surface area contributed by atoms with Gasteiger partial charge in [-0.1, -0.05) is 30.4 Å². The Bertz CT molecular complexity index is 1080. The molecule has 0 aliphatic carbocycles. The Morgan fingerprint density at radius 1 is 1.03 bits per heavy atom. The Labute approximate surface area is 172 Å². The van der Waals surface area contributed by atoms with E-state index in [-0.39, 0.29) is 0 Å². The number of piperazine rings is 1. The summed E-state index contributed by atoms with van der Waals surface area (Å²) in [6.07, 6.45) is 8.24. The molecule has 0 atom stereocenters. The van der Waals surface area contributed by atoms with Gasteiger partial charge in [0.15, 0.2) is 0 Å². The molecule has 0 bridgehead atoms. The van der Waals surface area contributed by atoms with E-state index in [1.165, 1.54) is 16.6 Å². The lowest BCUT2D eigenvalue weighted by atomic mass is 9.98. The molecule has 0 unspecified atom stereocenters. The highest BCUT2D eigenvalue weighted by Crippen LogP contribution is 2.31. The second-order valence-corrected chi connectivity index (χ2v) is 7.38. The number of nitrogens with one attached hydrogen (secondary N) is 1. The van der Waals surface area contributed by atoms with Gasteiger partial charge in [0.2, 0.25) is 0 Å². The van der Waals surface area contributed by atoms with Crippen molar-refractivity contribution in [2.45, 2.75) is 13.8 Å². The maximum atomic E-state index is 6.31. The number of nitrogen functional groups attached to an aromatic ring is 1. The van der Waals surface area contributed by atoms with Gasteiger partial charge in [-0.2, -0.15) is 0 Å². The Kier molecular flexibility index (Phi) is 5.63. The number of hydrogen-bond donors (Lipinski definition) is 2. The minimum absolute atomic E-state index is 0.744. The highest BCUT2D eigenvalue weighted by atomic mass is 15.2. The van der Waals surface area contributed by atoms with Crippen molar-refractivity contribution >= 4 is 27.7 Å². The molecule has 0 spiro atoms. The van der Waals surface area contributed by atoms with Crippen molar-refractivity contribution in [1.82, 2.24) is 10.3 Å². The summed E-state index contributed by atoms with van der Waals surface area (Å²) in [6.45, 7) is 8.23. The minimum Gasteiger partial charge on any atom is -0.398 e. The fourth-order valence-electron chi connectivity index (χ4n) is 3.89. The quantitative estimate of drug-likeness (QED) is 0.498. The average Bonchev–Trinajstić information content (AvgIpc) is 2.78. The Hall–Kier alpha value is -3.11. The molecular formula is C25H28N4. The van der Waals surface area contributed by atoms with Crippen LogP contribution in [0.25, 0.3) is 27.6 Å². The molecule has 2 heterocycles. The van der Waals surface area contributed by atoms with Crippen molar-refractivity contribution < 1.29 is 0 Å². The van der Waals surface area contributed by atoms with Crippen LogP contribution in [-0.2, 0) is 0 Å². The summed E-state index contributed by atoms with van der Waals surface area (Å²) >= 11 is 0. The molecule has 1 aliphatic heterocycles. The molecule has 0 saturated carbocycles. The topological polar surface area (TPSA) is 54.2 Å². The van der Waals surface area contributed by atoms with E-state index < -0.39 is 0 Å². The third kappa shape index (κ3) is 4.03. The van der Waals surface area contributed by atoms with Gasteiger partial charge in [-0.05, 0) is 60.7 Å². The molecule has 1 saturated heterocycles. The van der Waals surface area contributed by atoms with E-state index in [9.17, 15) is 0 Å². The number of benzene rings is 2. The summed E-state index contributed by atoms with van der Waals surface area (Å²) in [5.41, 5.74) is 12.5. The van der Waals surface area contributed by atoms with E-state index in [1.54, 1.807) is 0 Å². The van der Waals surface area contributed by atoms with Crippen LogP contribution in [0, 0.1) is 0 Å². The largest absolute Gasteiger partial charge is 0.398 e. The number of nitrogens with two attached hydrogens (primary N) is 1. The van der Waals surface area contributed by atoms with Crippen LogP contribution in [0.5, 0.6) is 0 Å². The van der Waals surface area contributed by atoms with E-state index in [2.05, 4.69) is 71.8 Å². The van der Waals surface area contributed by atoms with Gasteiger partial charge in [-0.15, -0.1) is 0 Å². The zero-order valence-corrected chi connectivity index (χ0v) is 17.2. The first-order valence-corrected chi connectivity index (χ1v) is 10.2. The van der Waals surface area contributed by atoms with Gasteiger partial charge >= 0.3 is 0 Å². The maximum absolute atomic E-state index is 6.31. The highest BCUT2D eigenvalue weighted by molar-refractivity contribution is 5.90. The van der Waals surface area contributed by atoms with Crippen molar-refractivity contribution in [2.24, 2.45) is 0 Å². The molecule has 4 nitrogen and oxygen atoms in total. The van der Waals surface area contributed by atoms with Crippen LogP contribution in [-0.4, -0.2) is 31.2 Å². The fraction of sp³-hybridized carbons (Fsp3) is 0.240. The molecule has 1 aromatic heterocycles. The highest BCUT2D eigenvalue weighted by Gasteiger charge is 2.12. The van der Waals surface area contributed by atoms with Crippen molar-refractivity contribution in [2.75, 3.05) is 36.8 Å². The van der Waals surface area contributed by atoms with E-state index in [0.29, 0.717) is 0 Å². The van der Waals surface area contributed by atoms with Crippen LogP contribution < -0.4 is 16.0 Å². The Balaban J connectivity index is 1.71. The smallest absolute Gasteiger partial charge is 0.0729 e.